The first-order chi connectivity index (χ1) is 9.06. The van der Waals surface area contributed by atoms with Crippen molar-refractivity contribution in [2.45, 2.75) is 25.7 Å². The van der Waals surface area contributed by atoms with Crippen molar-refractivity contribution in [3.05, 3.63) is 45.8 Å². The van der Waals surface area contributed by atoms with E-state index in [9.17, 15) is 9.59 Å². The highest BCUT2D eigenvalue weighted by atomic mass is 35.5. The van der Waals surface area contributed by atoms with Crippen molar-refractivity contribution in [2.75, 3.05) is 5.75 Å². The van der Waals surface area contributed by atoms with E-state index >= 15 is 0 Å². The van der Waals surface area contributed by atoms with E-state index in [0.29, 0.717) is 17.2 Å². The fraction of sp³-hybridized carbons (Fsp3) is 0.333. The van der Waals surface area contributed by atoms with Gasteiger partial charge in [-0.25, -0.2) is 0 Å². The van der Waals surface area contributed by atoms with Crippen molar-refractivity contribution in [3.63, 3.8) is 0 Å². The van der Waals surface area contributed by atoms with E-state index in [-0.39, 0.29) is 17.5 Å². The smallest absolute Gasteiger partial charge is 0.157 e. The lowest BCUT2D eigenvalue weighted by atomic mass is 9.87. The molecular formula is C15H15ClO2S. The Morgan fingerprint density at radius 2 is 2.11 bits per heavy atom. The van der Waals surface area contributed by atoms with Crippen molar-refractivity contribution in [2.24, 2.45) is 0 Å². The van der Waals surface area contributed by atoms with Crippen molar-refractivity contribution >= 4 is 34.9 Å². The number of carbonyl (C=O) groups is 2. The zero-order valence-electron chi connectivity index (χ0n) is 10.7. The van der Waals surface area contributed by atoms with Crippen LogP contribution < -0.4 is 0 Å². The van der Waals surface area contributed by atoms with Gasteiger partial charge in [0.1, 0.15) is 5.78 Å². The van der Waals surface area contributed by atoms with Gasteiger partial charge in [-0.15, -0.1) is 11.8 Å². The third-order valence-electron chi connectivity index (χ3n) is 3.02. The Kier molecular flexibility index (Phi) is 4.83. The number of carbonyl (C=O) groups excluding carboxylic acids is 2. The van der Waals surface area contributed by atoms with Gasteiger partial charge in [0, 0.05) is 11.4 Å². The molecule has 2 rings (SSSR count). The van der Waals surface area contributed by atoms with Crippen LogP contribution in [0.1, 0.15) is 31.2 Å². The molecule has 0 bridgehead atoms. The Balaban J connectivity index is 2.14. The molecular weight excluding hydrogens is 280 g/mol. The van der Waals surface area contributed by atoms with Gasteiger partial charge in [0.15, 0.2) is 5.78 Å². The second-order valence-electron chi connectivity index (χ2n) is 4.69. The summed E-state index contributed by atoms with van der Waals surface area (Å²) in [4.78, 5) is 23.8. The van der Waals surface area contributed by atoms with Crippen LogP contribution in [0.4, 0.5) is 0 Å². The summed E-state index contributed by atoms with van der Waals surface area (Å²) in [5.74, 6) is 0.787. The normalized spacial score (nSPS) is 19.2. The van der Waals surface area contributed by atoms with Crippen LogP contribution in [0.2, 0.25) is 5.02 Å². The lowest BCUT2D eigenvalue weighted by molar-refractivity contribution is -0.116. The van der Waals surface area contributed by atoms with Crippen LogP contribution in [-0.2, 0) is 9.59 Å². The van der Waals surface area contributed by atoms with Gasteiger partial charge in [-0.05, 0) is 41.9 Å². The summed E-state index contributed by atoms with van der Waals surface area (Å²) < 4.78 is 0. The monoisotopic (exact) mass is 294 g/mol. The number of hydrogen-bond donors (Lipinski definition) is 0. The van der Waals surface area contributed by atoms with Crippen molar-refractivity contribution in [1.82, 2.24) is 0 Å². The summed E-state index contributed by atoms with van der Waals surface area (Å²) in [6.07, 6.45) is 2.95. The Labute approximate surface area is 122 Å². The van der Waals surface area contributed by atoms with Crippen LogP contribution in [0, 0.1) is 0 Å². The molecule has 1 aromatic carbocycles. The van der Waals surface area contributed by atoms with E-state index in [1.54, 1.807) is 13.0 Å². The maximum atomic E-state index is 11.8. The van der Waals surface area contributed by atoms with Crippen LogP contribution in [0.3, 0.4) is 0 Å². The summed E-state index contributed by atoms with van der Waals surface area (Å²) in [6, 6.07) is 7.64. The van der Waals surface area contributed by atoms with Crippen LogP contribution in [-0.4, -0.2) is 17.3 Å². The van der Waals surface area contributed by atoms with Gasteiger partial charge in [-0.2, -0.15) is 0 Å². The second-order valence-corrected chi connectivity index (χ2v) is 6.20. The van der Waals surface area contributed by atoms with Gasteiger partial charge in [0.25, 0.3) is 0 Å². The summed E-state index contributed by atoms with van der Waals surface area (Å²) in [5.41, 5.74) is 1.02. The molecule has 1 aliphatic carbocycles. The highest BCUT2D eigenvalue weighted by Crippen LogP contribution is 2.38. The molecule has 0 N–H and O–H groups in total. The number of halogens is 1. The average Bonchev–Trinajstić information content (AvgIpc) is 2.36. The fourth-order valence-electron chi connectivity index (χ4n) is 2.18. The molecule has 0 unspecified atom stereocenters. The molecule has 0 aliphatic heterocycles. The quantitative estimate of drug-likeness (QED) is 0.842. The molecule has 100 valence electrons. The van der Waals surface area contributed by atoms with Gasteiger partial charge >= 0.3 is 0 Å². The summed E-state index contributed by atoms with van der Waals surface area (Å²) >= 11 is 7.65. The minimum absolute atomic E-state index is 0.113. The van der Waals surface area contributed by atoms with Crippen LogP contribution in [0.25, 0.3) is 0 Å². The summed E-state index contributed by atoms with van der Waals surface area (Å²) in [6.45, 7) is 1.56. The van der Waals surface area contributed by atoms with Gasteiger partial charge < -0.3 is 0 Å². The number of allylic oxidation sites excluding steroid dienone is 2. The standard InChI is InChI=1S/C15H15ClO2S/c1-10(17)9-19-13-7-11(6-12(18)8-13)14-4-2-3-5-15(14)16/h2-5,8,11H,6-7,9H2,1H3/t11-/m1/s1. The second kappa shape index (κ2) is 6.40. The molecule has 0 amide bonds. The van der Waals surface area contributed by atoms with Gasteiger partial charge in [-0.1, -0.05) is 29.8 Å². The maximum Gasteiger partial charge on any atom is 0.157 e. The number of thioether (sulfide) groups is 1. The molecule has 1 aliphatic rings. The van der Waals surface area contributed by atoms with E-state index in [4.69, 9.17) is 11.6 Å². The predicted molar refractivity (Wildman–Crippen MR) is 79.7 cm³/mol. The minimum Gasteiger partial charge on any atom is -0.299 e. The molecule has 0 saturated heterocycles. The third kappa shape index (κ3) is 3.95. The van der Waals surface area contributed by atoms with E-state index in [0.717, 1.165) is 16.9 Å². The molecule has 0 fully saturated rings. The highest BCUT2D eigenvalue weighted by Gasteiger charge is 2.24. The molecule has 4 heteroatoms. The number of rotatable bonds is 4. The molecule has 0 saturated carbocycles. The van der Waals surface area contributed by atoms with Gasteiger partial charge in [0.2, 0.25) is 0 Å². The molecule has 2 nitrogen and oxygen atoms in total. The Bertz CT molecular complexity index is 537. The lowest BCUT2D eigenvalue weighted by Crippen LogP contribution is -2.12. The largest absolute Gasteiger partial charge is 0.299 e. The average molecular weight is 295 g/mol. The van der Waals surface area contributed by atoms with E-state index < -0.39 is 0 Å². The summed E-state index contributed by atoms with van der Waals surface area (Å²) in [5, 5.41) is 0.707. The fourth-order valence-corrected chi connectivity index (χ4v) is 3.39. The van der Waals surface area contributed by atoms with Crippen molar-refractivity contribution in [3.8, 4) is 0 Å². The SMILES string of the molecule is CC(=O)CSC1=CC(=O)C[C@@H](c2ccccc2Cl)C1. The Hall–Kier alpha value is -1.06. The zero-order chi connectivity index (χ0) is 13.8. The van der Waals surface area contributed by atoms with Crippen LogP contribution in [0.5, 0.6) is 0 Å². The molecule has 0 aromatic heterocycles. The zero-order valence-corrected chi connectivity index (χ0v) is 12.3. The van der Waals surface area contributed by atoms with Crippen LogP contribution >= 0.6 is 23.4 Å². The van der Waals surface area contributed by atoms with Crippen molar-refractivity contribution < 1.29 is 9.59 Å². The summed E-state index contributed by atoms with van der Waals surface area (Å²) in [7, 11) is 0. The van der Waals surface area contributed by atoms with E-state index in [2.05, 4.69) is 0 Å². The van der Waals surface area contributed by atoms with Gasteiger partial charge in [0.05, 0.1) is 5.75 Å². The number of ketones is 2. The number of Topliss-reactive ketones (excluding diaryl/α,β-unsaturated/α-hetero) is 1. The predicted octanol–water partition coefficient (Wildman–Crippen LogP) is 3.99. The molecule has 0 heterocycles. The Morgan fingerprint density at radius 3 is 2.79 bits per heavy atom. The van der Waals surface area contributed by atoms with E-state index in [1.807, 2.05) is 24.3 Å². The molecule has 0 spiro atoms. The first-order valence-electron chi connectivity index (χ1n) is 6.16. The topological polar surface area (TPSA) is 34.1 Å². The van der Waals surface area contributed by atoms with Gasteiger partial charge in [-0.3, -0.25) is 9.59 Å². The first-order valence-corrected chi connectivity index (χ1v) is 7.52. The molecule has 1 aromatic rings. The highest BCUT2D eigenvalue weighted by molar-refractivity contribution is 8.03. The minimum atomic E-state index is 0.113. The van der Waals surface area contributed by atoms with Crippen LogP contribution in [0.15, 0.2) is 35.2 Å². The van der Waals surface area contributed by atoms with Crippen molar-refractivity contribution in [1.29, 1.82) is 0 Å². The number of benzene rings is 1. The molecule has 0 radical (unpaired) electrons. The number of hydrogen-bond acceptors (Lipinski definition) is 3. The molecule has 1 atom stereocenters. The first kappa shape index (κ1) is 14.4. The Morgan fingerprint density at radius 1 is 1.37 bits per heavy atom. The lowest BCUT2D eigenvalue weighted by Gasteiger charge is -2.22. The molecule has 19 heavy (non-hydrogen) atoms. The van der Waals surface area contributed by atoms with E-state index in [1.165, 1.54) is 11.8 Å². The maximum absolute atomic E-state index is 11.8. The third-order valence-corrected chi connectivity index (χ3v) is 4.57.